The molecule has 3 aliphatic heterocycles. The highest BCUT2D eigenvalue weighted by atomic mass is 16.5. The molecule has 2 saturated heterocycles. The summed E-state index contributed by atoms with van der Waals surface area (Å²) in [6, 6.07) is 10.2. The van der Waals surface area contributed by atoms with Crippen molar-refractivity contribution in [2.24, 2.45) is 11.3 Å². The monoisotopic (exact) mass is 423 g/mol. The molecular weight excluding hydrogens is 394 g/mol. The number of carbonyl (C=O) groups is 2. The largest absolute Gasteiger partial charge is 0.469 e. The number of fused-ring (bicyclic) bond motifs is 2. The van der Waals surface area contributed by atoms with Crippen LogP contribution in [0.2, 0.25) is 0 Å². The van der Waals surface area contributed by atoms with Crippen LogP contribution in [0.15, 0.2) is 41.0 Å². The second-order valence-corrected chi connectivity index (χ2v) is 8.92. The van der Waals surface area contributed by atoms with Crippen molar-refractivity contribution >= 4 is 17.5 Å². The first-order valence-corrected chi connectivity index (χ1v) is 11.1. The molecule has 2 fully saturated rings. The van der Waals surface area contributed by atoms with Crippen molar-refractivity contribution in [2.45, 2.75) is 19.8 Å². The fourth-order valence-electron chi connectivity index (χ4n) is 5.31. The number of para-hydroxylation sites is 1. The predicted molar refractivity (Wildman–Crippen MR) is 116 cm³/mol. The molecule has 0 radical (unpaired) electrons. The number of rotatable bonds is 5. The van der Waals surface area contributed by atoms with Gasteiger partial charge in [-0.05, 0) is 37.5 Å². The normalized spacial score (nSPS) is 24.7. The molecule has 0 bridgehead atoms. The molecule has 2 atom stereocenters. The van der Waals surface area contributed by atoms with E-state index in [9.17, 15) is 9.59 Å². The van der Waals surface area contributed by atoms with Crippen molar-refractivity contribution in [2.75, 3.05) is 50.8 Å². The third-order valence-corrected chi connectivity index (χ3v) is 7.08. The third kappa shape index (κ3) is 3.51. The Morgan fingerprint density at radius 1 is 1.26 bits per heavy atom. The van der Waals surface area contributed by atoms with E-state index in [2.05, 4.69) is 34.5 Å². The Hall–Kier alpha value is -2.80. The highest BCUT2D eigenvalue weighted by Gasteiger charge is 2.56. The molecule has 3 aliphatic rings. The van der Waals surface area contributed by atoms with Gasteiger partial charge in [-0.1, -0.05) is 18.2 Å². The van der Waals surface area contributed by atoms with Gasteiger partial charge in [0.25, 0.3) is 5.91 Å². The van der Waals surface area contributed by atoms with Crippen LogP contribution < -0.4 is 10.2 Å². The van der Waals surface area contributed by atoms with Crippen molar-refractivity contribution in [3.8, 4) is 0 Å². The van der Waals surface area contributed by atoms with Crippen LogP contribution in [0.1, 0.15) is 28.1 Å². The average molecular weight is 424 g/mol. The van der Waals surface area contributed by atoms with Crippen LogP contribution in [-0.2, 0) is 16.0 Å². The van der Waals surface area contributed by atoms with E-state index in [4.69, 9.17) is 9.15 Å². The van der Waals surface area contributed by atoms with E-state index < -0.39 is 5.41 Å². The molecule has 2 amide bonds. The number of ether oxygens (including phenoxy) is 1. The molecule has 1 N–H and O–H groups in total. The minimum absolute atomic E-state index is 0.000454. The summed E-state index contributed by atoms with van der Waals surface area (Å²) in [6.07, 6.45) is 3.78. The summed E-state index contributed by atoms with van der Waals surface area (Å²) in [7, 11) is 0. The maximum Gasteiger partial charge on any atom is 0.257 e. The van der Waals surface area contributed by atoms with Crippen LogP contribution in [0.4, 0.5) is 5.69 Å². The van der Waals surface area contributed by atoms with Gasteiger partial charge < -0.3 is 24.3 Å². The van der Waals surface area contributed by atoms with Gasteiger partial charge in [0.2, 0.25) is 5.91 Å². The molecule has 4 heterocycles. The number of benzene rings is 1. The maximum absolute atomic E-state index is 13.3. The summed E-state index contributed by atoms with van der Waals surface area (Å²) in [5.74, 6) is 0.565. The summed E-state index contributed by atoms with van der Waals surface area (Å²) in [5.41, 5.74) is 2.56. The van der Waals surface area contributed by atoms with E-state index in [0.29, 0.717) is 44.2 Å². The van der Waals surface area contributed by atoms with Gasteiger partial charge in [0.05, 0.1) is 30.5 Å². The fraction of sp³-hybridized carbons (Fsp3) is 0.500. The van der Waals surface area contributed by atoms with E-state index >= 15 is 0 Å². The minimum atomic E-state index is -0.660. The Kier molecular flexibility index (Phi) is 5.22. The van der Waals surface area contributed by atoms with E-state index in [1.807, 2.05) is 0 Å². The number of anilines is 1. The summed E-state index contributed by atoms with van der Waals surface area (Å²) < 4.78 is 11.0. The van der Waals surface area contributed by atoms with Crippen molar-refractivity contribution in [3.63, 3.8) is 0 Å². The standard InChI is InChI=1S/C24H29N3O4/c1-17-20(8-12-31-17)22(28)27-13-19-14-30-16-24(19,15-27)23(29)25-9-11-26-10-4-6-18-5-2-3-7-21(18)26/h2-3,5,7-8,12,19H,4,6,9-11,13-16H2,1H3,(H,25,29)/t19-,24-/m0/s1. The molecule has 1 aromatic heterocycles. The lowest BCUT2D eigenvalue weighted by atomic mass is 9.80. The number of nitrogens with one attached hydrogen (secondary N) is 1. The summed E-state index contributed by atoms with van der Waals surface area (Å²) in [4.78, 5) is 30.4. The minimum Gasteiger partial charge on any atom is -0.469 e. The van der Waals surface area contributed by atoms with Gasteiger partial charge in [-0.25, -0.2) is 0 Å². The molecular formula is C24H29N3O4. The number of carbonyl (C=O) groups excluding carboxylic acids is 2. The number of furan rings is 1. The number of hydrogen-bond donors (Lipinski definition) is 1. The fourth-order valence-corrected chi connectivity index (χ4v) is 5.31. The molecule has 0 spiro atoms. The van der Waals surface area contributed by atoms with E-state index in [0.717, 1.165) is 25.9 Å². The van der Waals surface area contributed by atoms with E-state index in [1.54, 1.807) is 17.9 Å². The third-order valence-electron chi connectivity index (χ3n) is 7.08. The van der Waals surface area contributed by atoms with Crippen molar-refractivity contribution in [3.05, 3.63) is 53.5 Å². The molecule has 7 nitrogen and oxygen atoms in total. The lowest BCUT2D eigenvalue weighted by molar-refractivity contribution is -0.131. The Morgan fingerprint density at radius 3 is 2.97 bits per heavy atom. The summed E-state index contributed by atoms with van der Waals surface area (Å²) >= 11 is 0. The van der Waals surface area contributed by atoms with Gasteiger partial charge in [0, 0.05) is 44.3 Å². The number of aryl methyl sites for hydroxylation is 2. The molecule has 0 aliphatic carbocycles. The number of nitrogens with zero attached hydrogens (tertiary/aromatic N) is 2. The zero-order valence-corrected chi connectivity index (χ0v) is 17.9. The van der Waals surface area contributed by atoms with Gasteiger partial charge in [-0.3, -0.25) is 9.59 Å². The second kappa shape index (κ2) is 8.04. The Morgan fingerprint density at radius 2 is 2.13 bits per heavy atom. The van der Waals surface area contributed by atoms with Gasteiger partial charge >= 0.3 is 0 Å². The zero-order valence-electron chi connectivity index (χ0n) is 17.9. The van der Waals surface area contributed by atoms with Crippen molar-refractivity contribution in [1.82, 2.24) is 10.2 Å². The Labute approximate surface area is 182 Å². The van der Waals surface area contributed by atoms with Gasteiger partial charge in [0.1, 0.15) is 5.76 Å². The molecule has 164 valence electrons. The molecule has 7 heteroatoms. The molecule has 31 heavy (non-hydrogen) atoms. The van der Waals surface area contributed by atoms with Crippen molar-refractivity contribution in [1.29, 1.82) is 0 Å². The first-order valence-electron chi connectivity index (χ1n) is 11.1. The summed E-state index contributed by atoms with van der Waals surface area (Å²) in [6.45, 7) is 5.96. The second-order valence-electron chi connectivity index (χ2n) is 8.92. The van der Waals surface area contributed by atoms with E-state index in [-0.39, 0.29) is 17.7 Å². The van der Waals surface area contributed by atoms with Crippen LogP contribution in [-0.4, -0.2) is 62.7 Å². The lowest BCUT2D eigenvalue weighted by Gasteiger charge is -2.32. The highest BCUT2D eigenvalue weighted by molar-refractivity contribution is 5.96. The molecule has 5 rings (SSSR count). The van der Waals surface area contributed by atoms with E-state index in [1.165, 1.54) is 17.5 Å². The van der Waals surface area contributed by atoms with Crippen molar-refractivity contribution < 1.29 is 18.7 Å². The zero-order chi connectivity index (χ0) is 21.4. The van der Waals surface area contributed by atoms with Crippen LogP contribution in [0.25, 0.3) is 0 Å². The predicted octanol–water partition coefficient (Wildman–Crippen LogP) is 2.25. The molecule has 2 aromatic rings. The van der Waals surface area contributed by atoms with Crippen LogP contribution >= 0.6 is 0 Å². The Balaban J connectivity index is 1.23. The van der Waals surface area contributed by atoms with Crippen LogP contribution in [0.5, 0.6) is 0 Å². The van der Waals surface area contributed by atoms with Gasteiger partial charge in [-0.15, -0.1) is 0 Å². The SMILES string of the molecule is Cc1occc1C(=O)N1C[C@H]2COC[C@@]2(C(=O)NCCN2CCCc3ccccc32)C1. The summed E-state index contributed by atoms with van der Waals surface area (Å²) in [5, 5.41) is 3.15. The van der Waals surface area contributed by atoms with Crippen LogP contribution in [0, 0.1) is 18.3 Å². The topological polar surface area (TPSA) is 75.0 Å². The number of hydrogen-bond acceptors (Lipinski definition) is 5. The first kappa shape index (κ1) is 20.1. The Bertz CT molecular complexity index is 987. The van der Waals surface area contributed by atoms with Crippen LogP contribution in [0.3, 0.4) is 0 Å². The number of likely N-dealkylation sites (tertiary alicyclic amines) is 1. The first-order chi connectivity index (χ1) is 15.1. The average Bonchev–Trinajstić information content (AvgIpc) is 3.47. The smallest absolute Gasteiger partial charge is 0.257 e. The lowest BCUT2D eigenvalue weighted by Crippen LogP contribution is -2.49. The quantitative estimate of drug-likeness (QED) is 0.798. The number of amides is 2. The molecule has 1 aromatic carbocycles. The van der Waals surface area contributed by atoms with Gasteiger partial charge in [-0.2, -0.15) is 0 Å². The maximum atomic E-state index is 13.3. The highest BCUT2D eigenvalue weighted by Crippen LogP contribution is 2.42. The van der Waals surface area contributed by atoms with Gasteiger partial charge in [0.15, 0.2) is 0 Å². The molecule has 0 unspecified atom stereocenters. The molecule has 0 saturated carbocycles.